The third-order valence-corrected chi connectivity index (χ3v) is 6.09. The van der Waals surface area contributed by atoms with Crippen molar-refractivity contribution in [2.75, 3.05) is 12.4 Å². The highest BCUT2D eigenvalue weighted by Gasteiger charge is 2.18. The van der Waals surface area contributed by atoms with Crippen molar-refractivity contribution in [2.45, 2.75) is 43.9 Å². The fourth-order valence-electron chi connectivity index (χ4n) is 3.42. The Labute approximate surface area is 163 Å². The van der Waals surface area contributed by atoms with E-state index in [1.165, 1.54) is 12.0 Å². The van der Waals surface area contributed by atoms with Crippen LogP contribution in [0.25, 0.3) is 16.6 Å². The van der Waals surface area contributed by atoms with Crippen LogP contribution >= 0.6 is 11.8 Å². The molecule has 0 saturated carbocycles. The van der Waals surface area contributed by atoms with Crippen LogP contribution in [0, 0.1) is 0 Å². The number of nitrogens with zero attached hydrogens (tertiary/aromatic N) is 2. The number of hydrogen-bond acceptors (Lipinski definition) is 4. The van der Waals surface area contributed by atoms with Crippen LogP contribution in [-0.2, 0) is 11.2 Å². The molecule has 0 bridgehead atoms. The van der Waals surface area contributed by atoms with E-state index in [1.54, 1.807) is 16.3 Å². The van der Waals surface area contributed by atoms with Crippen LogP contribution < -0.4 is 5.56 Å². The van der Waals surface area contributed by atoms with Gasteiger partial charge in [0.1, 0.15) is 0 Å². The second kappa shape index (κ2) is 8.28. The summed E-state index contributed by atoms with van der Waals surface area (Å²) in [6.45, 7) is 2.96. The number of para-hydroxylation sites is 1. The van der Waals surface area contributed by atoms with Gasteiger partial charge in [-0.1, -0.05) is 43.0 Å². The Morgan fingerprint density at radius 3 is 2.70 bits per heavy atom. The molecule has 4 rings (SSSR count). The summed E-state index contributed by atoms with van der Waals surface area (Å²) in [7, 11) is 0. The molecule has 1 aromatic heterocycles. The summed E-state index contributed by atoms with van der Waals surface area (Å²) in [6, 6.07) is 15.7. The lowest BCUT2D eigenvalue weighted by Crippen LogP contribution is -2.24. The monoisotopic (exact) mass is 380 g/mol. The van der Waals surface area contributed by atoms with Crippen LogP contribution in [0.4, 0.5) is 0 Å². The van der Waals surface area contributed by atoms with E-state index in [9.17, 15) is 4.79 Å². The third-order valence-electron chi connectivity index (χ3n) is 5.02. The smallest absolute Gasteiger partial charge is 0.266 e. The molecule has 1 saturated heterocycles. The first kappa shape index (κ1) is 18.3. The first-order chi connectivity index (χ1) is 13.3. The predicted octanol–water partition coefficient (Wildman–Crippen LogP) is 4.61. The maximum Gasteiger partial charge on any atom is 0.266 e. The van der Waals surface area contributed by atoms with Crippen LogP contribution in [0.15, 0.2) is 58.5 Å². The van der Waals surface area contributed by atoms with Gasteiger partial charge in [-0.25, -0.2) is 4.98 Å². The molecule has 140 valence electrons. The summed E-state index contributed by atoms with van der Waals surface area (Å²) in [5.41, 5.74) is 2.85. The molecule has 0 unspecified atom stereocenters. The quantitative estimate of drug-likeness (QED) is 0.479. The van der Waals surface area contributed by atoms with E-state index in [-0.39, 0.29) is 11.7 Å². The van der Waals surface area contributed by atoms with Gasteiger partial charge in [0.15, 0.2) is 5.16 Å². The number of aromatic nitrogens is 2. The zero-order valence-corrected chi connectivity index (χ0v) is 16.4. The highest BCUT2D eigenvalue weighted by atomic mass is 32.2. The lowest BCUT2D eigenvalue weighted by atomic mass is 10.1. The Balaban J connectivity index is 1.75. The van der Waals surface area contributed by atoms with E-state index in [2.05, 4.69) is 19.1 Å². The summed E-state index contributed by atoms with van der Waals surface area (Å²) >= 11 is 1.61. The molecular weight excluding hydrogens is 356 g/mol. The molecule has 5 heteroatoms. The standard InChI is InChI=1S/C22H24N2O2S/c1-2-16-10-12-17(13-11-16)24-21(25)19-8-3-4-9-20(19)23-22(24)27-15-18-7-5-6-14-26-18/h3-4,8-13,18H,2,5-7,14-15H2,1H3/t18-/m0/s1. The number of ether oxygens (including phenoxy) is 1. The van der Waals surface area contributed by atoms with Gasteiger partial charge in [0.2, 0.25) is 0 Å². The highest BCUT2D eigenvalue weighted by Crippen LogP contribution is 2.25. The molecule has 27 heavy (non-hydrogen) atoms. The Kier molecular flexibility index (Phi) is 5.60. The molecule has 0 aliphatic carbocycles. The second-order valence-electron chi connectivity index (χ2n) is 6.87. The largest absolute Gasteiger partial charge is 0.377 e. The van der Waals surface area contributed by atoms with Crippen molar-refractivity contribution in [1.82, 2.24) is 9.55 Å². The average Bonchev–Trinajstić information content (AvgIpc) is 2.73. The van der Waals surface area contributed by atoms with Gasteiger partial charge in [-0.15, -0.1) is 0 Å². The molecule has 0 spiro atoms. The Morgan fingerprint density at radius 2 is 1.96 bits per heavy atom. The molecule has 3 aromatic rings. The fourth-order valence-corrected chi connectivity index (χ4v) is 4.50. The lowest BCUT2D eigenvalue weighted by molar-refractivity contribution is 0.0315. The van der Waals surface area contributed by atoms with Gasteiger partial charge >= 0.3 is 0 Å². The molecule has 1 atom stereocenters. The van der Waals surface area contributed by atoms with Crippen LogP contribution in [-0.4, -0.2) is 28.0 Å². The highest BCUT2D eigenvalue weighted by molar-refractivity contribution is 7.99. The van der Waals surface area contributed by atoms with Gasteiger partial charge in [-0.2, -0.15) is 0 Å². The van der Waals surface area contributed by atoms with Crippen molar-refractivity contribution in [3.63, 3.8) is 0 Å². The average molecular weight is 381 g/mol. The van der Waals surface area contributed by atoms with E-state index in [0.717, 1.165) is 48.0 Å². The van der Waals surface area contributed by atoms with Crippen molar-refractivity contribution >= 4 is 22.7 Å². The van der Waals surface area contributed by atoms with Gasteiger partial charge in [-0.05, 0) is 55.5 Å². The number of aryl methyl sites for hydroxylation is 1. The summed E-state index contributed by atoms with van der Waals surface area (Å²) < 4.78 is 7.60. The minimum Gasteiger partial charge on any atom is -0.377 e. The number of hydrogen-bond donors (Lipinski definition) is 0. The van der Waals surface area contributed by atoms with Crippen molar-refractivity contribution in [1.29, 1.82) is 0 Å². The van der Waals surface area contributed by atoms with Gasteiger partial charge in [0.25, 0.3) is 5.56 Å². The lowest BCUT2D eigenvalue weighted by Gasteiger charge is -2.22. The van der Waals surface area contributed by atoms with Crippen LogP contribution in [0.2, 0.25) is 0 Å². The Bertz CT molecular complexity index is 976. The summed E-state index contributed by atoms with van der Waals surface area (Å²) in [4.78, 5) is 18.0. The van der Waals surface area contributed by atoms with Crippen LogP contribution in [0.1, 0.15) is 31.7 Å². The maximum atomic E-state index is 13.2. The molecule has 2 heterocycles. The predicted molar refractivity (Wildman–Crippen MR) is 111 cm³/mol. The van der Waals surface area contributed by atoms with Gasteiger partial charge < -0.3 is 4.74 Å². The zero-order valence-electron chi connectivity index (χ0n) is 15.6. The van der Waals surface area contributed by atoms with Gasteiger partial charge in [-0.3, -0.25) is 9.36 Å². The van der Waals surface area contributed by atoms with Crippen molar-refractivity contribution in [2.24, 2.45) is 0 Å². The summed E-state index contributed by atoms with van der Waals surface area (Å²) in [6.07, 6.45) is 4.65. The third kappa shape index (κ3) is 3.94. The second-order valence-corrected chi connectivity index (χ2v) is 7.86. The first-order valence-electron chi connectivity index (χ1n) is 9.62. The molecule has 2 aromatic carbocycles. The minimum atomic E-state index is -0.0167. The van der Waals surface area contributed by atoms with E-state index in [4.69, 9.17) is 9.72 Å². The number of rotatable bonds is 5. The van der Waals surface area contributed by atoms with Gasteiger partial charge in [0.05, 0.1) is 22.7 Å². The SMILES string of the molecule is CCc1ccc(-n2c(SC[C@@H]3CCCCO3)nc3ccccc3c2=O)cc1. The van der Waals surface area contributed by atoms with Crippen molar-refractivity contribution in [3.8, 4) is 5.69 Å². The molecule has 1 fully saturated rings. The topological polar surface area (TPSA) is 44.1 Å². The Morgan fingerprint density at radius 1 is 1.15 bits per heavy atom. The minimum absolute atomic E-state index is 0.0167. The number of benzene rings is 2. The molecule has 1 aliphatic rings. The molecule has 0 N–H and O–H groups in total. The maximum absolute atomic E-state index is 13.2. The summed E-state index contributed by atoms with van der Waals surface area (Å²) in [5, 5.41) is 1.38. The molecule has 4 nitrogen and oxygen atoms in total. The van der Waals surface area contributed by atoms with Crippen LogP contribution in [0.5, 0.6) is 0 Å². The number of thioether (sulfide) groups is 1. The zero-order chi connectivity index (χ0) is 18.6. The van der Waals surface area contributed by atoms with E-state index < -0.39 is 0 Å². The van der Waals surface area contributed by atoms with E-state index in [0.29, 0.717) is 5.39 Å². The van der Waals surface area contributed by atoms with E-state index >= 15 is 0 Å². The van der Waals surface area contributed by atoms with Crippen molar-refractivity contribution < 1.29 is 4.74 Å². The molecular formula is C22H24N2O2S. The first-order valence-corrected chi connectivity index (χ1v) is 10.6. The molecule has 0 radical (unpaired) electrons. The number of fused-ring (bicyclic) bond motifs is 1. The van der Waals surface area contributed by atoms with E-state index in [1.807, 2.05) is 36.4 Å². The van der Waals surface area contributed by atoms with Gasteiger partial charge in [0, 0.05) is 12.4 Å². The van der Waals surface area contributed by atoms with Crippen molar-refractivity contribution in [3.05, 3.63) is 64.4 Å². The fraction of sp³-hybridized carbons (Fsp3) is 0.364. The molecule has 0 amide bonds. The van der Waals surface area contributed by atoms with Crippen LogP contribution in [0.3, 0.4) is 0 Å². The molecule has 1 aliphatic heterocycles. The normalized spacial score (nSPS) is 17.3. The Hall–Kier alpha value is -2.11. The summed E-state index contributed by atoms with van der Waals surface area (Å²) in [5.74, 6) is 0.817.